The van der Waals surface area contributed by atoms with Crippen LogP contribution in [0.5, 0.6) is 11.5 Å². The molecule has 3 heterocycles. The lowest BCUT2D eigenvalue weighted by molar-refractivity contribution is -0.141. The van der Waals surface area contributed by atoms with Crippen LogP contribution in [0.3, 0.4) is 0 Å². The molecule has 1 atom stereocenters. The van der Waals surface area contributed by atoms with Crippen LogP contribution in [-0.2, 0) is 22.4 Å². The third kappa shape index (κ3) is 4.39. The van der Waals surface area contributed by atoms with Gasteiger partial charge in [0.15, 0.2) is 11.5 Å². The van der Waals surface area contributed by atoms with Gasteiger partial charge in [0.25, 0.3) is 0 Å². The van der Waals surface area contributed by atoms with E-state index >= 15 is 0 Å². The maximum atomic E-state index is 13.6. The van der Waals surface area contributed by atoms with Crippen LogP contribution >= 0.6 is 0 Å². The first-order valence-electron chi connectivity index (χ1n) is 12.4. The van der Waals surface area contributed by atoms with Crippen molar-refractivity contribution in [1.29, 1.82) is 0 Å². The van der Waals surface area contributed by atoms with Crippen LogP contribution in [0.1, 0.15) is 48.4 Å². The molecule has 6 nitrogen and oxygen atoms in total. The summed E-state index contributed by atoms with van der Waals surface area (Å²) >= 11 is 0. The monoisotopic (exact) mass is 462 g/mol. The van der Waals surface area contributed by atoms with Crippen molar-refractivity contribution < 1.29 is 19.0 Å². The van der Waals surface area contributed by atoms with Crippen LogP contribution in [-0.4, -0.2) is 49.8 Å². The summed E-state index contributed by atoms with van der Waals surface area (Å²) in [7, 11) is 3.34. The third-order valence-electron chi connectivity index (χ3n) is 7.45. The second-order valence-corrected chi connectivity index (χ2v) is 9.34. The van der Waals surface area contributed by atoms with Crippen molar-refractivity contribution in [2.75, 3.05) is 34.0 Å². The number of ether oxygens (including phenoxy) is 3. The quantitative estimate of drug-likeness (QED) is 0.533. The summed E-state index contributed by atoms with van der Waals surface area (Å²) in [5.74, 6) is 1.82. The zero-order chi connectivity index (χ0) is 23.5. The number of fused-ring (bicyclic) bond motifs is 2. The van der Waals surface area contributed by atoms with E-state index in [1.807, 2.05) is 0 Å². The van der Waals surface area contributed by atoms with Gasteiger partial charge in [-0.3, -0.25) is 4.79 Å². The van der Waals surface area contributed by atoms with Gasteiger partial charge in [-0.25, -0.2) is 0 Å². The molecular weight excluding hydrogens is 428 g/mol. The Morgan fingerprint density at radius 2 is 1.88 bits per heavy atom. The molecule has 0 saturated carbocycles. The molecule has 34 heavy (non-hydrogen) atoms. The maximum absolute atomic E-state index is 13.6. The molecular formula is C28H34N2O4. The van der Waals surface area contributed by atoms with Crippen molar-refractivity contribution in [2.24, 2.45) is 5.92 Å². The largest absolute Gasteiger partial charge is 0.493 e. The number of H-pyrrole nitrogens is 1. The molecule has 1 amide bonds. The highest BCUT2D eigenvalue weighted by Gasteiger charge is 2.35. The summed E-state index contributed by atoms with van der Waals surface area (Å²) < 4.78 is 16.7. The molecule has 1 fully saturated rings. The lowest BCUT2D eigenvalue weighted by Gasteiger charge is -2.40. The molecule has 1 aromatic heterocycles. The normalized spacial score (nSPS) is 18.6. The molecule has 0 bridgehead atoms. The summed E-state index contributed by atoms with van der Waals surface area (Å²) in [6.07, 6.45) is 7.48. The molecule has 5 rings (SSSR count). The molecule has 3 aromatic rings. The number of nitrogens with one attached hydrogen (secondary N) is 1. The van der Waals surface area contributed by atoms with Gasteiger partial charge in [0, 0.05) is 42.8 Å². The molecule has 2 aliphatic rings. The highest BCUT2D eigenvalue weighted by Crippen LogP contribution is 2.41. The number of nitrogens with zero attached hydrogens (tertiary/aromatic N) is 1. The Kier molecular flexibility index (Phi) is 6.77. The molecule has 2 aromatic carbocycles. The van der Waals surface area contributed by atoms with E-state index in [1.54, 1.807) is 14.2 Å². The minimum absolute atomic E-state index is 0.0455. The Balaban J connectivity index is 1.41. The standard InChI is InChI=1S/C28H34N2O4/c1-32-26-16-20-10-13-30(28(31)19-11-14-34-15-12-19)25(23(20)17-27(26)33-2)9-5-6-21-18-29-24-8-4-3-7-22(21)24/h3-4,7-8,16-19,25,29H,5-6,9-15H2,1-2H3. The van der Waals surface area contributed by atoms with E-state index in [1.165, 1.54) is 27.6 Å². The minimum Gasteiger partial charge on any atom is -0.493 e. The van der Waals surface area contributed by atoms with E-state index in [0.29, 0.717) is 13.2 Å². The number of hydrogen-bond acceptors (Lipinski definition) is 4. The van der Waals surface area contributed by atoms with Gasteiger partial charge in [-0.2, -0.15) is 0 Å². The van der Waals surface area contributed by atoms with E-state index in [2.05, 4.69) is 52.5 Å². The van der Waals surface area contributed by atoms with Gasteiger partial charge in [0.05, 0.1) is 20.3 Å². The Hall–Kier alpha value is -2.99. The highest BCUT2D eigenvalue weighted by atomic mass is 16.5. The average Bonchev–Trinajstić information content (AvgIpc) is 3.31. The number of hydrogen-bond donors (Lipinski definition) is 1. The number of benzene rings is 2. The van der Waals surface area contributed by atoms with E-state index in [4.69, 9.17) is 14.2 Å². The Labute approximate surface area is 201 Å². The fourth-order valence-corrected chi connectivity index (χ4v) is 5.61. The van der Waals surface area contributed by atoms with Crippen molar-refractivity contribution in [3.8, 4) is 11.5 Å². The number of aromatic amines is 1. The lowest BCUT2D eigenvalue weighted by Crippen LogP contribution is -2.44. The smallest absolute Gasteiger partial charge is 0.226 e. The van der Waals surface area contributed by atoms with E-state index in [0.717, 1.165) is 56.6 Å². The first kappa shape index (κ1) is 22.8. The Bertz CT molecular complexity index is 1150. The lowest BCUT2D eigenvalue weighted by atomic mass is 9.86. The summed E-state index contributed by atoms with van der Waals surface area (Å²) in [5, 5.41) is 1.29. The topological polar surface area (TPSA) is 63.8 Å². The SMILES string of the molecule is COc1cc2c(cc1OC)C(CCCc1c[nH]c3ccccc13)N(C(=O)C1CCOCC1)CC2. The Morgan fingerprint density at radius 1 is 1.12 bits per heavy atom. The molecule has 0 spiro atoms. The number of rotatable bonds is 7. The van der Waals surface area contributed by atoms with Crippen LogP contribution in [0.2, 0.25) is 0 Å². The van der Waals surface area contributed by atoms with Crippen LogP contribution < -0.4 is 9.47 Å². The van der Waals surface area contributed by atoms with Crippen molar-refractivity contribution in [2.45, 2.75) is 44.6 Å². The van der Waals surface area contributed by atoms with Crippen LogP contribution in [0, 0.1) is 5.92 Å². The predicted octanol–water partition coefficient (Wildman–Crippen LogP) is 5.06. The number of carbonyl (C=O) groups excluding carboxylic acids is 1. The summed E-state index contributed by atoms with van der Waals surface area (Å²) in [6, 6.07) is 12.7. The van der Waals surface area contributed by atoms with Crippen LogP contribution in [0.25, 0.3) is 10.9 Å². The average molecular weight is 463 g/mol. The first-order chi connectivity index (χ1) is 16.7. The molecule has 180 valence electrons. The van der Waals surface area contributed by atoms with Gasteiger partial charge < -0.3 is 24.1 Å². The number of amides is 1. The summed E-state index contributed by atoms with van der Waals surface area (Å²) in [6.45, 7) is 2.10. The maximum Gasteiger partial charge on any atom is 0.226 e. The molecule has 2 aliphatic heterocycles. The van der Waals surface area contributed by atoms with E-state index < -0.39 is 0 Å². The first-order valence-corrected chi connectivity index (χ1v) is 12.4. The second kappa shape index (κ2) is 10.1. The minimum atomic E-state index is 0.0455. The number of carbonyl (C=O) groups is 1. The zero-order valence-corrected chi connectivity index (χ0v) is 20.1. The number of methoxy groups -OCH3 is 2. The number of aryl methyl sites for hydroxylation is 1. The van der Waals surface area contributed by atoms with Crippen molar-refractivity contribution in [1.82, 2.24) is 9.88 Å². The number of para-hydroxylation sites is 1. The second-order valence-electron chi connectivity index (χ2n) is 9.34. The van der Waals surface area contributed by atoms with Gasteiger partial charge in [-0.05, 0) is 73.4 Å². The highest BCUT2D eigenvalue weighted by molar-refractivity contribution is 5.83. The van der Waals surface area contributed by atoms with Crippen LogP contribution in [0.4, 0.5) is 0 Å². The van der Waals surface area contributed by atoms with Crippen LogP contribution in [0.15, 0.2) is 42.6 Å². The van der Waals surface area contributed by atoms with Crippen molar-refractivity contribution in [3.05, 3.63) is 59.3 Å². The van der Waals surface area contributed by atoms with Gasteiger partial charge in [0.2, 0.25) is 5.91 Å². The van der Waals surface area contributed by atoms with E-state index in [9.17, 15) is 4.79 Å². The molecule has 0 aliphatic carbocycles. The van der Waals surface area contributed by atoms with Gasteiger partial charge in [-0.15, -0.1) is 0 Å². The predicted molar refractivity (Wildman–Crippen MR) is 132 cm³/mol. The zero-order valence-electron chi connectivity index (χ0n) is 20.1. The Morgan fingerprint density at radius 3 is 2.68 bits per heavy atom. The molecule has 6 heteroatoms. The van der Waals surface area contributed by atoms with Gasteiger partial charge >= 0.3 is 0 Å². The molecule has 1 unspecified atom stereocenters. The molecule has 0 radical (unpaired) electrons. The summed E-state index contributed by atoms with van der Waals surface area (Å²) in [4.78, 5) is 19.1. The fraction of sp³-hybridized carbons (Fsp3) is 0.464. The third-order valence-corrected chi connectivity index (χ3v) is 7.45. The van der Waals surface area contributed by atoms with Crippen molar-refractivity contribution >= 4 is 16.8 Å². The number of aromatic nitrogens is 1. The fourth-order valence-electron chi connectivity index (χ4n) is 5.61. The summed E-state index contributed by atoms with van der Waals surface area (Å²) in [5.41, 5.74) is 4.96. The molecule has 1 N–H and O–H groups in total. The van der Waals surface area contributed by atoms with Crippen molar-refractivity contribution in [3.63, 3.8) is 0 Å². The van der Waals surface area contributed by atoms with Gasteiger partial charge in [-0.1, -0.05) is 18.2 Å². The van der Waals surface area contributed by atoms with Gasteiger partial charge in [0.1, 0.15) is 0 Å². The molecule has 1 saturated heterocycles. The van der Waals surface area contributed by atoms with E-state index in [-0.39, 0.29) is 17.9 Å².